The van der Waals surface area contributed by atoms with E-state index in [9.17, 15) is 9.90 Å². The molecule has 0 spiro atoms. The molecule has 1 N–H and O–H groups in total. The zero-order chi connectivity index (χ0) is 16.9. The summed E-state index contributed by atoms with van der Waals surface area (Å²) in [6.07, 6.45) is 19.9. The van der Waals surface area contributed by atoms with E-state index in [0.717, 1.165) is 12.8 Å². The van der Waals surface area contributed by atoms with Gasteiger partial charge in [0.1, 0.15) is 0 Å². The van der Waals surface area contributed by atoms with Crippen LogP contribution in [0.5, 0.6) is 0 Å². The van der Waals surface area contributed by atoms with Gasteiger partial charge in [0, 0.05) is 5.97 Å². The van der Waals surface area contributed by atoms with Gasteiger partial charge in [-0.25, -0.2) is 0 Å². The Morgan fingerprint density at radius 3 is 1.17 bits per heavy atom. The van der Waals surface area contributed by atoms with Gasteiger partial charge in [0.2, 0.25) is 0 Å². The molecule has 0 aromatic carbocycles. The van der Waals surface area contributed by atoms with Crippen molar-refractivity contribution in [3.8, 4) is 0 Å². The largest absolute Gasteiger partial charge is 2.00 e. The molecule has 0 saturated heterocycles. The molecule has 0 aromatic heterocycles. The minimum atomic E-state index is -0.903. The Morgan fingerprint density at radius 1 is 0.652 bits per heavy atom. The molecule has 0 atom stereocenters. The molecular formula is C18H36CoO4. The van der Waals surface area contributed by atoms with E-state index in [-0.39, 0.29) is 23.2 Å². The van der Waals surface area contributed by atoms with Crippen LogP contribution in [0.4, 0.5) is 0 Å². The number of aliphatic carboxylic acids is 1. The van der Waals surface area contributed by atoms with Crippen molar-refractivity contribution in [3.05, 3.63) is 0 Å². The van der Waals surface area contributed by atoms with E-state index in [1.807, 2.05) is 0 Å². The van der Waals surface area contributed by atoms with E-state index in [1.165, 1.54) is 83.5 Å². The summed E-state index contributed by atoms with van der Waals surface area (Å²) in [4.78, 5) is 10.2. The number of carboxylic acid groups (broad SMARTS) is 1. The summed E-state index contributed by atoms with van der Waals surface area (Å²) >= 11 is 0. The van der Waals surface area contributed by atoms with Gasteiger partial charge in [-0.15, -0.1) is 0 Å². The first-order valence-electron chi connectivity index (χ1n) is 9.15. The van der Waals surface area contributed by atoms with Gasteiger partial charge in [0.25, 0.3) is 0 Å². The SMILES string of the molecule is CCCCCCCCCCCCCCCCCC(=O)[O-].[Co+2].[O-]O. The molecule has 0 aromatic rings. The molecule has 4 nitrogen and oxygen atoms in total. The van der Waals surface area contributed by atoms with Crippen LogP contribution in [0.3, 0.4) is 0 Å². The molecule has 0 fully saturated rings. The average Bonchev–Trinajstić information content (AvgIpc) is 2.53. The summed E-state index contributed by atoms with van der Waals surface area (Å²) in [5.74, 6) is -0.903. The molecule has 0 amide bonds. The maximum atomic E-state index is 10.2. The molecule has 23 heavy (non-hydrogen) atoms. The molecule has 1 radical (unpaired) electrons. The molecule has 0 heterocycles. The maximum Gasteiger partial charge on any atom is 2.00 e. The molecule has 0 bridgehead atoms. The molecule has 141 valence electrons. The van der Waals surface area contributed by atoms with Gasteiger partial charge in [-0.3, -0.25) is 0 Å². The minimum Gasteiger partial charge on any atom is -0.727 e. The number of unbranched alkanes of at least 4 members (excludes halogenated alkanes) is 14. The summed E-state index contributed by atoms with van der Waals surface area (Å²) in [6, 6.07) is 0. The Morgan fingerprint density at radius 2 is 0.913 bits per heavy atom. The zero-order valence-corrected chi connectivity index (χ0v) is 15.9. The second-order valence-electron chi connectivity index (χ2n) is 6.07. The van der Waals surface area contributed by atoms with E-state index in [4.69, 9.17) is 10.5 Å². The fraction of sp³-hybridized carbons (Fsp3) is 0.944. The third kappa shape index (κ3) is 30.4. The van der Waals surface area contributed by atoms with Gasteiger partial charge < -0.3 is 20.4 Å². The summed E-state index contributed by atoms with van der Waals surface area (Å²) in [5, 5.41) is 23.2. The molecule has 0 saturated carbocycles. The van der Waals surface area contributed by atoms with Crippen molar-refractivity contribution in [3.63, 3.8) is 0 Å². The fourth-order valence-electron chi connectivity index (χ4n) is 2.64. The van der Waals surface area contributed by atoms with Gasteiger partial charge in [0.05, 0.1) is 0 Å². The molecular weight excluding hydrogens is 339 g/mol. The fourth-order valence-corrected chi connectivity index (χ4v) is 2.64. The van der Waals surface area contributed by atoms with E-state index in [0.29, 0.717) is 0 Å². The Bertz CT molecular complexity index is 213. The predicted octanol–water partition coefficient (Wildman–Crippen LogP) is 3.82. The molecule has 0 aliphatic rings. The van der Waals surface area contributed by atoms with Crippen molar-refractivity contribution >= 4 is 5.97 Å². The van der Waals surface area contributed by atoms with Crippen LogP contribution in [0.1, 0.15) is 110 Å². The first kappa shape index (κ1) is 27.7. The van der Waals surface area contributed by atoms with Crippen LogP contribution in [0.2, 0.25) is 0 Å². The number of carboxylic acids is 1. The van der Waals surface area contributed by atoms with Crippen molar-refractivity contribution in [2.24, 2.45) is 0 Å². The number of rotatable bonds is 16. The second kappa shape index (κ2) is 26.8. The van der Waals surface area contributed by atoms with Crippen LogP contribution in [-0.2, 0) is 21.6 Å². The third-order valence-electron chi connectivity index (χ3n) is 3.98. The van der Waals surface area contributed by atoms with Crippen LogP contribution in [0, 0.1) is 0 Å². The minimum absolute atomic E-state index is 0. The standard InChI is InChI=1S/C18H36O2.Co.H2O2/c1-2-3-4-5-6-7-8-9-10-11-12-13-14-15-16-17-18(19)20;;1-2/h2-17H2,1H3,(H,19,20);;1-2H/q;+2;/p-2. The zero-order valence-electron chi connectivity index (χ0n) is 14.8. The Kier molecular flexibility index (Phi) is 32.3. The van der Waals surface area contributed by atoms with Crippen LogP contribution in [0.15, 0.2) is 0 Å². The normalized spacial score (nSPS) is 9.70. The summed E-state index contributed by atoms with van der Waals surface area (Å²) in [5.41, 5.74) is 0. The Labute approximate surface area is 153 Å². The molecule has 0 aliphatic heterocycles. The summed E-state index contributed by atoms with van der Waals surface area (Å²) in [6.45, 7) is 2.27. The molecule has 5 heteroatoms. The van der Waals surface area contributed by atoms with Crippen molar-refractivity contribution in [2.75, 3.05) is 0 Å². The van der Waals surface area contributed by atoms with E-state index in [2.05, 4.69) is 6.92 Å². The van der Waals surface area contributed by atoms with Crippen LogP contribution in [-0.4, -0.2) is 11.2 Å². The number of carbonyl (C=O) groups excluding carboxylic acids is 1. The summed E-state index contributed by atoms with van der Waals surface area (Å²) in [7, 11) is 0. The monoisotopic (exact) mass is 375 g/mol. The van der Waals surface area contributed by atoms with Gasteiger partial charge in [-0.2, -0.15) is 0 Å². The maximum absolute atomic E-state index is 10.2. The van der Waals surface area contributed by atoms with Crippen molar-refractivity contribution in [1.29, 1.82) is 0 Å². The average molecular weight is 375 g/mol. The van der Waals surface area contributed by atoms with Gasteiger partial charge in [-0.05, 0) is 12.8 Å². The van der Waals surface area contributed by atoms with E-state index >= 15 is 0 Å². The van der Waals surface area contributed by atoms with Crippen LogP contribution < -0.4 is 10.4 Å². The summed E-state index contributed by atoms with van der Waals surface area (Å²) < 4.78 is 0. The Hall–Kier alpha value is -0.104. The van der Waals surface area contributed by atoms with Crippen molar-refractivity contribution in [2.45, 2.75) is 110 Å². The predicted molar refractivity (Wildman–Crippen MR) is 87.2 cm³/mol. The van der Waals surface area contributed by atoms with E-state index in [1.54, 1.807) is 0 Å². The Balaban J connectivity index is -0.00000128. The number of carbonyl (C=O) groups is 1. The van der Waals surface area contributed by atoms with Crippen LogP contribution >= 0.6 is 0 Å². The van der Waals surface area contributed by atoms with E-state index < -0.39 is 5.97 Å². The molecule has 0 aliphatic carbocycles. The van der Waals surface area contributed by atoms with Crippen molar-refractivity contribution in [1.82, 2.24) is 0 Å². The quantitative estimate of drug-likeness (QED) is 0.253. The first-order valence-corrected chi connectivity index (χ1v) is 9.15. The molecule has 0 unspecified atom stereocenters. The third-order valence-corrected chi connectivity index (χ3v) is 3.98. The topological polar surface area (TPSA) is 83.4 Å². The number of hydrogen-bond donors (Lipinski definition) is 1. The van der Waals surface area contributed by atoms with Gasteiger partial charge in [-0.1, -0.05) is 96.8 Å². The molecule has 0 rings (SSSR count). The second-order valence-corrected chi connectivity index (χ2v) is 6.07. The first-order chi connectivity index (χ1) is 10.8. The number of hydrogen-bond acceptors (Lipinski definition) is 4. The smallest absolute Gasteiger partial charge is 0.727 e. The van der Waals surface area contributed by atoms with Crippen LogP contribution in [0.25, 0.3) is 0 Å². The van der Waals surface area contributed by atoms with Crippen molar-refractivity contribution < 1.29 is 37.2 Å². The van der Waals surface area contributed by atoms with Gasteiger partial charge >= 0.3 is 16.8 Å². The van der Waals surface area contributed by atoms with Gasteiger partial charge in [0.15, 0.2) is 0 Å².